The van der Waals surface area contributed by atoms with Crippen LogP contribution in [0.4, 0.5) is 13.2 Å². The van der Waals surface area contributed by atoms with E-state index in [2.05, 4.69) is 5.10 Å². The second kappa shape index (κ2) is 6.46. The van der Waals surface area contributed by atoms with E-state index < -0.39 is 30.0 Å². The van der Waals surface area contributed by atoms with E-state index in [1.165, 1.54) is 18.1 Å². The number of carboxylic acids is 1. The second-order valence-electron chi connectivity index (χ2n) is 5.78. The molecule has 0 bridgehead atoms. The van der Waals surface area contributed by atoms with E-state index in [4.69, 9.17) is 5.11 Å². The first-order chi connectivity index (χ1) is 10.6. The number of β-amino-alcohol motifs (C(OH)–C–C–N with tert-alkyl or cyclic N) is 1. The fourth-order valence-corrected chi connectivity index (χ4v) is 2.94. The number of hydrogen-bond acceptors (Lipinski definition) is 5. The van der Waals surface area contributed by atoms with Gasteiger partial charge in [0.15, 0.2) is 0 Å². The number of aryl methyl sites for hydroxylation is 1. The first-order valence-electron chi connectivity index (χ1n) is 7.00. The van der Waals surface area contributed by atoms with Gasteiger partial charge in [-0.25, -0.2) is 0 Å². The van der Waals surface area contributed by atoms with Gasteiger partial charge < -0.3 is 10.2 Å². The molecular weight excluding hydrogens is 317 g/mol. The summed E-state index contributed by atoms with van der Waals surface area (Å²) in [4.78, 5) is 13.9. The zero-order valence-electron chi connectivity index (χ0n) is 12.8. The fraction of sp³-hybridized carbons (Fsp3) is 0.692. The van der Waals surface area contributed by atoms with Crippen LogP contribution in [0, 0.1) is 0 Å². The van der Waals surface area contributed by atoms with Crippen molar-refractivity contribution in [1.29, 1.82) is 0 Å². The van der Waals surface area contributed by atoms with E-state index in [1.807, 2.05) is 0 Å². The minimum absolute atomic E-state index is 0.00282. The molecule has 2 N–H and O–H groups in total. The van der Waals surface area contributed by atoms with Gasteiger partial charge in [0.1, 0.15) is 5.69 Å². The molecule has 0 spiro atoms. The van der Waals surface area contributed by atoms with Crippen molar-refractivity contribution in [2.24, 2.45) is 7.05 Å². The molecule has 1 aromatic rings. The third kappa shape index (κ3) is 4.01. The summed E-state index contributed by atoms with van der Waals surface area (Å²) in [5, 5.41) is 22.5. The van der Waals surface area contributed by atoms with Gasteiger partial charge in [-0.1, -0.05) is 0 Å². The molecule has 0 aromatic carbocycles. The lowest BCUT2D eigenvalue weighted by molar-refractivity contribution is -0.144. The Labute approximate surface area is 130 Å². The van der Waals surface area contributed by atoms with Gasteiger partial charge in [-0.05, 0) is 7.05 Å². The van der Waals surface area contributed by atoms with E-state index in [0.717, 1.165) is 4.68 Å². The van der Waals surface area contributed by atoms with E-state index in [9.17, 15) is 23.1 Å². The van der Waals surface area contributed by atoms with Crippen molar-refractivity contribution in [3.8, 4) is 0 Å². The number of hydrogen-bond donors (Lipinski definition) is 2. The van der Waals surface area contributed by atoms with Crippen molar-refractivity contribution in [3.63, 3.8) is 0 Å². The molecule has 0 saturated carbocycles. The topological polar surface area (TPSA) is 81.8 Å². The molecule has 7 nitrogen and oxygen atoms in total. The molecule has 1 aromatic heterocycles. The lowest BCUT2D eigenvalue weighted by Gasteiger charge is -2.24. The van der Waals surface area contributed by atoms with Crippen molar-refractivity contribution in [1.82, 2.24) is 19.6 Å². The molecular formula is C13H19F3N4O3. The van der Waals surface area contributed by atoms with Gasteiger partial charge in [-0.15, -0.1) is 0 Å². The summed E-state index contributed by atoms with van der Waals surface area (Å²) in [6.45, 7) is 0.228. The second-order valence-corrected chi connectivity index (χ2v) is 5.78. The Balaban J connectivity index is 2.07. The zero-order valence-corrected chi connectivity index (χ0v) is 12.8. The smallest absolute Gasteiger partial charge is 0.433 e. The molecule has 1 aliphatic heterocycles. The third-order valence-electron chi connectivity index (χ3n) is 3.96. The zero-order chi connectivity index (χ0) is 17.4. The molecule has 23 heavy (non-hydrogen) atoms. The molecule has 1 fully saturated rings. The predicted octanol–water partition coefficient (Wildman–Crippen LogP) is 0.000400. The number of carbonyl (C=O) groups is 1. The lowest BCUT2D eigenvalue weighted by Crippen LogP contribution is -2.43. The summed E-state index contributed by atoms with van der Waals surface area (Å²) in [7, 11) is 2.80. The van der Waals surface area contributed by atoms with Gasteiger partial charge in [0.05, 0.1) is 18.8 Å². The van der Waals surface area contributed by atoms with Crippen LogP contribution in [0.5, 0.6) is 0 Å². The van der Waals surface area contributed by atoms with Crippen LogP contribution in [-0.4, -0.2) is 74.6 Å². The van der Waals surface area contributed by atoms with Crippen molar-refractivity contribution in [2.45, 2.75) is 24.9 Å². The molecule has 2 rings (SSSR count). The number of aliphatic carboxylic acids is 1. The van der Waals surface area contributed by atoms with Crippen LogP contribution >= 0.6 is 0 Å². The SMILES string of the molecule is CN(CC(=O)O)C1CN(Cc2cnn(C)c2C(F)(F)F)C[C@H]1O. The monoisotopic (exact) mass is 336 g/mol. The van der Waals surface area contributed by atoms with E-state index in [0.29, 0.717) is 0 Å². The standard InChI is InChI=1S/C13H19F3N4O3/c1-18(7-11(22)23)9-5-20(6-10(9)21)4-8-3-17-19(2)12(8)13(14,15)16/h3,9-10,21H,4-7H2,1-2H3,(H,22,23)/t9?,10-/m1/s1. The largest absolute Gasteiger partial charge is 0.480 e. The third-order valence-corrected chi connectivity index (χ3v) is 3.96. The number of alkyl halides is 3. The van der Waals surface area contributed by atoms with E-state index >= 15 is 0 Å². The Hall–Kier alpha value is -1.65. The Bertz CT molecular complexity index is 575. The molecule has 0 amide bonds. The van der Waals surface area contributed by atoms with Gasteiger partial charge in [0.25, 0.3) is 0 Å². The highest BCUT2D eigenvalue weighted by molar-refractivity contribution is 5.69. The van der Waals surface area contributed by atoms with Gasteiger partial charge in [-0.2, -0.15) is 18.3 Å². The first kappa shape index (κ1) is 17.7. The quantitative estimate of drug-likeness (QED) is 0.788. The average molecular weight is 336 g/mol. The number of carboxylic acid groups (broad SMARTS) is 1. The highest BCUT2D eigenvalue weighted by Gasteiger charge is 2.39. The van der Waals surface area contributed by atoms with Gasteiger partial charge in [0.2, 0.25) is 0 Å². The van der Waals surface area contributed by atoms with Gasteiger partial charge in [0, 0.05) is 38.3 Å². The van der Waals surface area contributed by atoms with Crippen molar-refractivity contribution < 1.29 is 28.2 Å². The number of aliphatic hydroxyl groups is 1. The lowest BCUT2D eigenvalue weighted by atomic mass is 10.2. The average Bonchev–Trinajstić information content (AvgIpc) is 2.91. The maximum absolute atomic E-state index is 13.0. The Morgan fingerprint density at radius 3 is 2.70 bits per heavy atom. The summed E-state index contributed by atoms with van der Waals surface area (Å²) in [5.41, 5.74) is -0.775. The van der Waals surface area contributed by atoms with Crippen LogP contribution in [0.2, 0.25) is 0 Å². The number of rotatable bonds is 5. The van der Waals surface area contributed by atoms with Crippen LogP contribution in [0.25, 0.3) is 0 Å². The minimum Gasteiger partial charge on any atom is -0.480 e. The molecule has 2 atom stereocenters. The van der Waals surface area contributed by atoms with Crippen LogP contribution in [0.1, 0.15) is 11.3 Å². The van der Waals surface area contributed by atoms with Crippen LogP contribution in [0.3, 0.4) is 0 Å². The summed E-state index contributed by atoms with van der Waals surface area (Å²) in [6, 6.07) is -0.433. The summed E-state index contributed by atoms with van der Waals surface area (Å²) in [5.74, 6) is -1.02. The molecule has 1 unspecified atom stereocenters. The maximum Gasteiger partial charge on any atom is 0.433 e. The summed E-state index contributed by atoms with van der Waals surface area (Å²) >= 11 is 0. The van der Waals surface area contributed by atoms with Crippen molar-refractivity contribution in [3.05, 3.63) is 17.5 Å². The number of likely N-dealkylation sites (N-methyl/N-ethyl adjacent to an activating group) is 1. The molecule has 1 aliphatic rings. The van der Waals surface area contributed by atoms with Crippen LogP contribution in [-0.2, 0) is 24.6 Å². The molecule has 1 saturated heterocycles. The van der Waals surface area contributed by atoms with Crippen molar-refractivity contribution in [2.75, 3.05) is 26.7 Å². The first-order valence-corrected chi connectivity index (χ1v) is 7.00. The van der Waals surface area contributed by atoms with Gasteiger partial charge >= 0.3 is 12.1 Å². The highest BCUT2D eigenvalue weighted by atomic mass is 19.4. The van der Waals surface area contributed by atoms with Crippen molar-refractivity contribution >= 4 is 5.97 Å². The molecule has 10 heteroatoms. The number of halogens is 3. The number of aliphatic hydroxyl groups excluding tert-OH is 1. The summed E-state index contributed by atoms with van der Waals surface area (Å²) in [6.07, 6.45) is -4.15. The summed E-state index contributed by atoms with van der Waals surface area (Å²) < 4.78 is 39.9. The van der Waals surface area contributed by atoms with E-state index in [1.54, 1.807) is 11.9 Å². The number of aromatic nitrogens is 2. The molecule has 130 valence electrons. The molecule has 2 heterocycles. The highest BCUT2D eigenvalue weighted by Crippen LogP contribution is 2.32. The van der Waals surface area contributed by atoms with Gasteiger partial charge in [-0.3, -0.25) is 19.3 Å². The fourth-order valence-electron chi connectivity index (χ4n) is 2.94. The number of likely N-dealkylation sites (tertiary alicyclic amines) is 1. The Morgan fingerprint density at radius 2 is 2.13 bits per heavy atom. The minimum atomic E-state index is -4.50. The van der Waals surface area contributed by atoms with Crippen LogP contribution in [0.15, 0.2) is 6.20 Å². The Morgan fingerprint density at radius 1 is 1.48 bits per heavy atom. The molecule has 0 aliphatic carbocycles. The normalized spacial score (nSPS) is 22.9. The predicted molar refractivity (Wildman–Crippen MR) is 73.5 cm³/mol. The van der Waals surface area contributed by atoms with E-state index in [-0.39, 0.29) is 31.7 Å². The number of nitrogens with zero attached hydrogens (tertiary/aromatic N) is 4. The Kier molecular flexibility index (Phi) is 4.97. The molecule has 0 radical (unpaired) electrons. The van der Waals surface area contributed by atoms with Crippen LogP contribution < -0.4 is 0 Å². The maximum atomic E-state index is 13.0.